The van der Waals surface area contributed by atoms with Crippen LogP contribution in [-0.2, 0) is 19.6 Å². The Labute approximate surface area is 102 Å². The van der Waals surface area contributed by atoms with Crippen LogP contribution in [0.1, 0.15) is 32.1 Å². The molecule has 0 spiro atoms. The van der Waals surface area contributed by atoms with Crippen LogP contribution in [0.4, 0.5) is 0 Å². The van der Waals surface area contributed by atoms with E-state index in [2.05, 4.69) is 4.74 Å². The maximum Gasteiger partial charge on any atom is 0.305 e. The summed E-state index contributed by atoms with van der Waals surface area (Å²) in [7, 11) is -1.85. The first-order valence-corrected chi connectivity index (χ1v) is 7.70. The van der Waals surface area contributed by atoms with Crippen LogP contribution in [0.15, 0.2) is 0 Å². The lowest BCUT2D eigenvalue weighted by Gasteiger charge is -2.25. The third-order valence-electron chi connectivity index (χ3n) is 3.73. The number of carbonyl (C=O) groups excluding carboxylic acids is 1. The molecule has 0 N–H and O–H groups in total. The lowest BCUT2D eigenvalue weighted by molar-refractivity contribution is -0.140. The molecule has 6 heteroatoms. The second kappa shape index (κ2) is 4.94. The molecule has 0 aromatic heterocycles. The zero-order valence-corrected chi connectivity index (χ0v) is 10.9. The van der Waals surface area contributed by atoms with Gasteiger partial charge in [0.25, 0.3) is 0 Å². The van der Waals surface area contributed by atoms with Crippen LogP contribution in [0.3, 0.4) is 0 Å². The quantitative estimate of drug-likeness (QED) is 0.685. The fourth-order valence-electron chi connectivity index (χ4n) is 2.84. The van der Waals surface area contributed by atoms with Gasteiger partial charge in [-0.05, 0) is 31.6 Å². The molecule has 1 saturated carbocycles. The van der Waals surface area contributed by atoms with Gasteiger partial charge in [-0.1, -0.05) is 0 Å². The second-order valence-corrected chi connectivity index (χ2v) is 6.94. The van der Waals surface area contributed by atoms with Gasteiger partial charge in [-0.25, -0.2) is 8.42 Å². The van der Waals surface area contributed by atoms with Crippen molar-refractivity contribution >= 4 is 16.0 Å². The first-order valence-electron chi connectivity index (χ1n) is 6.09. The van der Waals surface area contributed by atoms with Crippen LogP contribution >= 0.6 is 0 Å². The molecule has 98 valence electrons. The molecule has 17 heavy (non-hydrogen) atoms. The monoisotopic (exact) mass is 261 g/mol. The highest BCUT2D eigenvalue weighted by Crippen LogP contribution is 2.39. The SMILES string of the molecule is COC(=O)CCCS(=O)(=O)N1CC2CCC1C2. The molecule has 2 rings (SSSR count). The van der Waals surface area contributed by atoms with Gasteiger partial charge in [0.2, 0.25) is 10.0 Å². The lowest BCUT2D eigenvalue weighted by atomic mass is 10.1. The van der Waals surface area contributed by atoms with E-state index in [1.807, 2.05) is 0 Å². The average Bonchev–Trinajstić information content (AvgIpc) is 2.90. The number of fused-ring (bicyclic) bond motifs is 2. The summed E-state index contributed by atoms with van der Waals surface area (Å²) in [6.45, 7) is 0.686. The first kappa shape index (κ1) is 12.8. The molecule has 5 nitrogen and oxygen atoms in total. The highest BCUT2D eigenvalue weighted by molar-refractivity contribution is 7.89. The maximum absolute atomic E-state index is 12.1. The number of rotatable bonds is 5. The summed E-state index contributed by atoms with van der Waals surface area (Å²) in [5.41, 5.74) is 0. The van der Waals surface area contributed by atoms with E-state index in [4.69, 9.17) is 0 Å². The zero-order chi connectivity index (χ0) is 12.5. The van der Waals surface area contributed by atoms with Crippen molar-refractivity contribution in [1.82, 2.24) is 4.31 Å². The van der Waals surface area contributed by atoms with Gasteiger partial charge in [0.1, 0.15) is 0 Å². The van der Waals surface area contributed by atoms with Crippen LogP contribution in [0.5, 0.6) is 0 Å². The van der Waals surface area contributed by atoms with Crippen LogP contribution < -0.4 is 0 Å². The molecule has 2 aliphatic rings. The van der Waals surface area contributed by atoms with E-state index in [0.29, 0.717) is 18.9 Å². The number of piperidine rings is 1. The van der Waals surface area contributed by atoms with Gasteiger partial charge in [-0.2, -0.15) is 4.31 Å². The van der Waals surface area contributed by atoms with Gasteiger partial charge in [0.15, 0.2) is 0 Å². The number of carbonyl (C=O) groups is 1. The van der Waals surface area contributed by atoms with Crippen molar-refractivity contribution in [3.63, 3.8) is 0 Å². The Bertz CT molecular complexity index is 392. The standard InChI is InChI=1S/C11H19NO4S/c1-16-11(13)3-2-6-17(14,15)12-8-9-4-5-10(12)7-9/h9-10H,2-8H2,1H3. The highest BCUT2D eigenvalue weighted by atomic mass is 32.2. The van der Waals surface area contributed by atoms with Crippen molar-refractivity contribution in [3.8, 4) is 0 Å². The summed E-state index contributed by atoms with van der Waals surface area (Å²) < 4.78 is 30.3. The number of sulfonamides is 1. The molecule has 0 aromatic carbocycles. The van der Waals surface area contributed by atoms with Crippen molar-refractivity contribution in [2.45, 2.75) is 38.1 Å². The van der Waals surface area contributed by atoms with Gasteiger partial charge in [-0.15, -0.1) is 0 Å². The lowest BCUT2D eigenvalue weighted by Crippen LogP contribution is -2.39. The normalized spacial score (nSPS) is 28.5. The fourth-order valence-corrected chi connectivity index (χ4v) is 4.67. The maximum atomic E-state index is 12.1. The van der Waals surface area contributed by atoms with Gasteiger partial charge >= 0.3 is 5.97 Å². The Balaban J connectivity index is 1.85. The predicted octanol–water partition coefficient (Wildman–Crippen LogP) is 0.754. The topological polar surface area (TPSA) is 63.7 Å². The number of methoxy groups -OCH3 is 1. The van der Waals surface area contributed by atoms with Crippen LogP contribution in [-0.4, -0.2) is 44.1 Å². The number of hydrogen-bond donors (Lipinski definition) is 0. The van der Waals surface area contributed by atoms with Crippen molar-refractivity contribution < 1.29 is 17.9 Å². The Morgan fingerprint density at radius 1 is 1.41 bits per heavy atom. The van der Waals surface area contributed by atoms with Crippen LogP contribution in [0.2, 0.25) is 0 Å². The van der Waals surface area contributed by atoms with Crippen molar-refractivity contribution in [2.75, 3.05) is 19.4 Å². The average molecular weight is 261 g/mol. The Kier molecular flexibility index (Phi) is 3.73. The molecule has 2 atom stereocenters. The molecule has 1 saturated heterocycles. The van der Waals surface area contributed by atoms with E-state index in [0.717, 1.165) is 12.8 Å². The molecule has 1 aliphatic heterocycles. The minimum absolute atomic E-state index is 0.0608. The summed E-state index contributed by atoms with van der Waals surface area (Å²) in [5.74, 6) is 0.282. The summed E-state index contributed by atoms with van der Waals surface area (Å²) in [4.78, 5) is 10.9. The number of esters is 1. The third-order valence-corrected chi connectivity index (χ3v) is 5.69. The summed E-state index contributed by atoms with van der Waals surface area (Å²) in [6, 6.07) is 0.225. The fraction of sp³-hybridized carbons (Fsp3) is 0.909. The van der Waals surface area contributed by atoms with Crippen molar-refractivity contribution in [3.05, 3.63) is 0 Å². The number of hydrogen-bond acceptors (Lipinski definition) is 4. The Morgan fingerprint density at radius 2 is 2.18 bits per heavy atom. The molecular weight excluding hydrogens is 242 g/mol. The highest BCUT2D eigenvalue weighted by Gasteiger charge is 2.43. The molecule has 0 aromatic rings. The number of ether oxygens (including phenoxy) is 1. The zero-order valence-electron chi connectivity index (χ0n) is 10.1. The third kappa shape index (κ3) is 2.80. The molecule has 2 unspecified atom stereocenters. The summed E-state index contributed by atoms with van der Waals surface area (Å²) in [5, 5.41) is 0. The molecule has 1 aliphatic carbocycles. The Hall–Kier alpha value is -0.620. The molecule has 2 bridgehead atoms. The van der Waals surface area contributed by atoms with E-state index >= 15 is 0 Å². The molecule has 0 amide bonds. The van der Waals surface area contributed by atoms with E-state index in [1.165, 1.54) is 13.5 Å². The van der Waals surface area contributed by atoms with Gasteiger partial charge in [0, 0.05) is 19.0 Å². The molecular formula is C11H19NO4S. The van der Waals surface area contributed by atoms with Crippen LogP contribution in [0, 0.1) is 5.92 Å². The van der Waals surface area contributed by atoms with E-state index < -0.39 is 10.0 Å². The number of nitrogens with zero attached hydrogens (tertiary/aromatic N) is 1. The van der Waals surface area contributed by atoms with Crippen molar-refractivity contribution in [2.24, 2.45) is 5.92 Å². The van der Waals surface area contributed by atoms with Crippen molar-refractivity contribution in [1.29, 1.82) is 0 Å². The van der Waals surface area contributed by atoms with E-state index in [1.54, 1.807) is 4.31 Å². The van der Waals surface area contributed by atoms with E-state index in [-0.39, 0.29) is 24.2 Å². The van der Waals surface area contributed by atoms with Gasteiger partial charge < -0.3 is 4.74 Å². The van der Waals surface area contributed by atoms with Gasteiger partial charge in [-0.3, -0.25) is 4.79 Å². The molecule has 0 radical (unpaired) electrons. The smallest absolute Gasteiger partial charge is 0.305 e. The minimum Gasteiger partial charge on any atom is -0.469 e. The first-order chi connectivity index (χ1) is 8.03. The molecule has 2 fully saturated rings. The predicted molar refractivity (Wildman–Crippen MR) is 62.9 cm³/mol. The summed E-state index contributed by atoms with van der Waals surface area (Å²) in [6.07, 6.45) is 3.72. The summed E-state index contributed by atoms with van der Waals surface area (Å²) >= 11 is 0. The second-order valence-electron chi connectivity index (χ2n) is 4.90. The van der Waals surface area contributed by atoms with Gasteiger partial charge in [0.05, 0.1) is 12.9 Å². The Morgan fingerprint density at radius 3 is 2.71 bits per heavy atom. The van der Waals surface area contributed by atoms with E-state index in [9.17, 15) is 13.2 Å². The largest absolute Gasteiger partial charge is 0.469 e. The minimum atomic E-state index is -3.17. The van der Waals surface area contributed by atoms with Crippen LogP contribution in [0.25, 0.3) is 0 Å². The molecule has 1 heterocycles.